The van der Waals surface area contributed by atoms with E-state index in [1.807, 2.05) is 13.8 Å². The Hall–Kier alpha value is -2.92. The number of H-pyrrole nitrogens is 1. The normalized spacial score (nSPS) is 15.7. The molecule has 1 N–H and O–H groups in total. The third-order valence-corrected chi connectivity index (χ3v) is 7.44. The molecule has 0 spiro atoms. The summed E-state index contributed by atoms with van der Waals surface area (Å²) in [4.78, 5) is 22.6. The van der Waals surface area contributed by atoms with Gasteiger partial charge in [-0.25, -0.2) is 4.98 Å². The number of nitrogens with zero attached hydrogens (tertiary/aromatic N) is 3. The van der Waals surface area contributed by atoms with Gasteiger partial charge >= 0.3 is 0 Å². The Morgan fingerprint density at radius 3 is 2.62 bits per heavy atom. The van der Waals surface area contributed by atoms with Gasteiger partial charge < -0.3 is 9.38 Å². The van der Waals surface area contributed by atoms with Gasteiger partial charge in [-0.2, -0.15) is 0 Å². The molecule has 5 rings (SSSR count). The van der Waals surface area contributed by atoms with Gasteiger partial charge in [-0.15, -0.1) is 0 Å². The van der Waals surface area contributed by atoms with Gasteiger partial charge in [-0.1, -0.05) is 26.8 Å². The van der Waals surface area contributed by atoms with Crippen LogP contribution in [0.2, 0.25) is 0 Å². The van der Waals surface area contributed by atoms with E-state index >= 15 is 0 Å². The largest absolute Gasteiger partial charge is 0.354 e. The van der Waals surface area contributed by atoms with Crippen molar-refractivity contribution in [3.8, 4) is 11.3 Å². The number of aryl methyl sites for hydroxylation is 2. The van der Waals surface area contributed by atoms with Crippen molar-refractivity contribution in [3.05, 3.63) is 59.0 Å². The molecule has 1 aliphatic heterocycles. The first kappa shape index (κ1) is 22.9. The molecule has 178 valence electrons. The van der Waals surface area contributed by atoms with Crippen LogP contribution in [-0.2, 0) is 4.79 Å². The van der Waals surface area contributed by atoms with E-state index in [1.54, 1.807) is 0 Å². The average Bonchev–Trinajstić information content (AvgIpc) is 3.39. The number of pyridine rings is 1. The molecule has 0 amide bonds. The Morgan fingerprint density at radius 2 is 1.91 bits per heavy atom. The molecule has 1 fully saturated rings. The van der Waals surface area contributed by atoms with Crippen LogP contribution in [0.1, 0.15) is 74.3 Å². The zero-order chi connectivity index (χ0) is 24.0. The summed E-state index contributed by atoms with van der Waals surface area (Å²) in [6.07, 6.45) is 7.17. The van der Waals surface area contributed by atoms with Crippen molar-refractivity contribution in [2.24, 2.45) is 0 Å². The Bertz CT molecular complexity index is 1350. The SMILES string of the molecule is CCC(=O)CN1CCC(c2ccc3[nH]c(-c4cc(C)c5nc(C)cn5c4)c(C(C)C)c3c2)CC1. The van der Waals surface area contributed by atoms with Crippen LogP contribution in [0.5, 0.6) is 0 Å². The van der Waals surface area contributed by atoms with Gasteiger partial charge in [0.2, 0.25) is 0 Å². The van der Waals surface area contributed by atoms with Crippen LogP contribution in [-0.4, -0.2) is 44.7 Å². The highest BCUT2D eigenvalue weighted by Gasteiger charge is 2.23. The number of hydrogen-bond donors (Lipinski definition) is 1. The number of fused-ring (bicyclic) bond motifs is 2. The number of Topliss-reactive ketones (excluding diaryl/α,β-unsaturated/α-hetero) is 1. The summed E-state index contributed by atoms with van der Waals surface area (Å²) >= 11 is 0. The zero-order valence-electron chi connectivity index (χ0n) is 21.1. The Morgan fingerprint density at radius 1 is 1.15 bits per heavy atom. The second kappa shape index (κ2) is 9.03. The van der Waals surface area contributed by atoms with Crippen LogP contribution in [0, 0.1) is 13.8 Å². The first-order chi connectivity index (χ1) is 16.3. The lowest BCUT2D eigenvalue weighted by Gasteiger charge is -2.31. The summed E-state index contributed by atoms with van der Waals surface area (Å²) < 4.78 is 2.15. The Labute approximate surface area is 202 Å². The number of carbonyl (C=O) groups is 1. The van der Waals surface area contributed by atoms with E-state index in [0.29, 0.717) is 30.6 Å². The minimum Gasteiger partial charge on any atom is -0.354 e. The third kappa shape index (κ3) is 4.18. The van der Waals surface area contributed by atoms with Gasteiger partial charge in [-0.3, -0.25) is 9.69 Å². The number of carbonyl (C=O) groups excluding carboxylic acids is 1. The van der Waals surface area contributed by atoms with E-state index in [9.17, 15) is 4.79 Å². The fraction of sp³-hybridized carbons (Fsp3) is 0.448. The standard InChI is InChI=1S/C29H36N4O/c1-6-24(34)17-32-11-9-21(10-12-32)22-7-8-26-25(14-22)27(18(2)3)28(31-26)23-13-19(4)29-30-20(5)15-33(29)16-23/h7-8,13-16,18,21,31H,6,9-12,17H2,1-5H3. The highest BCUT2D eigenvalue weighted by atomic mass is 16.1. The van der Waals surface area contributed by atoms with Crippen molar-refractivity contribution in [2.75, 3.05) is 19.6 Å². The number of hydrogen-bond acceptors (Lipinski definition) is 3. The van der Waals surface area contributed by atoms with E-state index in [4.69, 9.17) is 0 Å². The summed E-state index contributed by atoms with van der Waals surface area (Å²) in [5.74, 6) is 1.31. The summed E-state index contributed by atoms with van der Waals surface area (Å²) in [5, 5.41) is 1.34. The maximum atomic E-state index is 11.8. The molecule has 0 atom stereocenters. The number of nitrogens with one attached hydrogen (secondary N) is 1. The van der Waals surface area contributed by atoms with Crippen LogP contribution in [0.3, 0.4) is 0 Å². The molecule has 1 saturated heterocycles. The van der Waals surface area contributed by atoms with Crippen molar-refractivity contribution in [3.63, 3.8) is 0 Å². The van der Waals surface area contributed by atoms with Crippen molar-refractivity contribution in [2.45, 2.75) is 65.7 Å². The Kier molecular flexibility index (Phi) is 6.07. The highest BCUT2D eigenvalue weighted by molar-refractivity contribution is 5.92. The summed E-state index contributed by atoms with van der Waals surface area (Å²) in [7, 11) is 0. The minimum atomic E-state index is 0.348. The topological polar surface area (TPSA) is 53.4 Å². The van der Waals surface area contributed by atoms with Gasteiger partial charge in [0.1, 0.15) is 11.4 Å². The summed E-state index contributed by atoms with van der Waals surface area (Å²) in [6.45, 7) is 13.3. The first-order valence-corrected chi connectivity index (χ1v) is 12.7. The number of benzene rings is 1. The molecule has 1 aromatic carbocycles. The number of aromatic amines is 1. The number of ketones is 1. The molecule has 0 bridgehead atoms. The van der Waals surface area contributed by atoms with Crippen LogP contribution in [0.25, 0.3) is 27.8 Å². The lowest BCUT2D eigenvalue weighted by Crippen LogP contribution is -2.36. The molecule has 34 heavy (non-hydrogen) atoms. The van der Waals surface area contributed by atoms with Crippen LogP contribution in [0.15, 0.2) is 36.7 Å². The lowest BCUT2D eigenvalue weighted by molar-refractivity contribution is -0.120. The lowest BCUT2D eigenvalue weighted by atomic mass is 9.87. The van der Waals surface area contributed by atoms with Crippen molar-refractivity contribution in [1.82, 2.24) is 19.3 Å². The maximum Gasteiger partial charge on any atom is 0.146 e. The fourth-order valence-corrected chi connectivity index (χ4v) is 5.63. The second-order valence-corrected chi connectivity index (χ2v) is 10.3. The molecule has 0 unspecified atom stereocenters. The van der Waals surface area contributed by atoms with Crippen LogP contribution < -0.4 is 0 Å². The molecule has 1 aliphatic rings. The fourth-order valence-electron chi connectivity index (χ4n) is 5.63. The van der Waals surface area contributed by atoms with Crippen molar-refractivity contribution in [1.29, 1.82) is 0 Å². The van der Waals surface area contributed by atoms with E-state index in [-0.39, 0.29) is 0 Å². The van der Waals surface area contributed by atoms with Gasteiger partial charge in [-0.05, 0) is 86.5 Å². The van der Waals surface area contributed by atoms with Gasteiger partial charge in [0, 0.05) is 35.3 Å². The van der Waals surface area contributed by atoms with Gasteiger partial charge in [0.15, 0.2) is 0 Å². The smallest absolute Gasteiger partial charge is 0.146 e. The number of likely N-dealkylation sites (tertiary alicyclic amines) is 1. The number of rotatable bonds is 6. The van der Waals surface area contributed by atoms with Gasteiger partial charge in [0.25, 0.3) is 0 Å². The molecular formula is C29H36N4O. The molecule has 0 saturated carbocycles. The maximum absolute atomic E-state index is 11.8. The van der Waals surface area contributed by atoms with Gasteiger partial charge in [0.05, 0.1) is 17.9 Å². The van der Waals surface area contributed by atoms with E-state index in [0.717, 1.165) is 37.3 Å². The first-order valence-electron chi connectivity index (χ1n) is 12.7. The molecule has 0 radical (unpaired) electrons. The van der Waals surface area contributed by atoms with E-state index in [2.05, 4.69) is 76.7 Å². The van der Waals surface area contributed by atoms with E-state index in [1.165, 1.54) is 38.9 Å². The molecule has 5 heteroatoms. The zero-order valence-corrected chi connectivity index (χ0v) is 21.1. The summed E-state index contributed by atoms with van der Waals surface area (Å²) in [6, 6.07) is 9.25. The second-order valence-electron chi connectivity index (χ2n) is 10.3. The number of aromatic nitrogens is 3. The number of piperidine rings is 1. The predicted molar refractivity (Wildman–Crippen MR) is 140 cm³/mol. The van der Waals surface area contributed by atoms with E-state index < -0.39 is 0 Å². The molecule has 5 nitrogen and oxygen atoms in total. The van der Waals surface area contributed by atoms with Crippen LogP contribution in [0.4, 0.5) is 0 Å². The molecule has 0 aliphatic carbocycles. The van der Waals surface area contributed by atoms with Crippen molar-refractivity contribution >= 4 is 22.3 Å². The molecule has 4 aromatic rings. The highest BCUT2D eigenvalue weighted by Crippen LogP contribution is 2.38. The van der Waals surface area contributed by atoms with Crippen LogP contribution >= 0.6 is 0 Å². The molecule has 4 heterocycles. The quantitative estimate of drug-likeness (QED) is 0.366. The summed E-state index contributed by atoms with van der Waals surface area (Å²) in [5.41, 5.74) is 9.69. The number of imidazole rings is 1. The minimum absolute atomic E-state index is 0.348. The molecule has 3 aromatic heterocycles. The average molecular weight is 457 g/mol. The molecular weight excluding hydrogens is 420 g/mol. The monoisotopic (exact) mass is 456 g/mol. The Balaban J connectivity index is 1.49. The third-order valence-electron chi connectivity index (χ3n) is 7.44. The predicted octanol–water partition coefficient (Wildman–Crippen LogP) is 6.38. The van der Waals surface area contributed by atoms with Crippen molar-refractivity contribution < 1.29 is 4.79 Å².